The SMILES string of the molecule is CNCC[C@H](OC1=c2ccccc2=CCC1)c1cccs1. The molecule has 0 spiro atoms. The Morgan fingerprint density at radius 1 is 1.24 bits per heavy atom. The highest BCUT2D eigenvalue weighted by atomic mass is 32.1. The number of thiophene rings is 1. The van der Waals surface area contributed by atoms with Gasteiger partial charge in [0, 0.05) is 22.9 Å². The standard InChI is InChI=1S/C18H21NOS/c1-19-12-11-17(18-10-5-13-21-18)20-16-9-4-7-14-6-2-3-8-15(14)16/h2-3,5-8,10,13,17,19H,4,9,11-12H2,1H3/t17-/m0/s1. The summed E-state index contributed by atoms with van der Waals surface area (Å²) in [4.78, 5) is 1.31. The Balaban J connectivity index is 1.91. The van der Waals surface area contributed by atoms with Crippen molar-refractivity contribution in [1.29, 1.82) is 0 Å². The third-order valence-electron chi connectivity index (χ3n) is 3.80. The summed E-state index contributed by atoms with van der Waals surface area (Å²) in [5, 5.41) is 7.91. The Bertz CT molecular complexity index is 690. The Hall–Kier alpha value is -1.58. The van der Waals surface area contributed by atoms with Gasteiger partial charge in [-0.05, 0) is 36.7 Å². The average Bonchev–Trinajstić information content (AvgIpc) is 3.06. The third kappa shape index (κ3) is 3.36. The van der Waals surface area contributed by atoms with Gasteiger partial charge in [0.15, 0.2) is 0 Å². The molecule has 2 aromatic rings. The van der Waals surface area contributed by atoms with E-state index in [0.29, 0.717) is 0 Å². The molecule has 1 heterocycles. The van der Waals surface area contributed by atoms with Gasteiger partial charge in [-0.3, -0.25) is 0 Å². The van der Waals surface area contributed by atoms with Gasteiger partial charge in [-0.1, -0.05) is 36.4 Å². The number of fused-ring (bicyclic) bond motifs is 1. The summed E-state index contributed by atoms with van der Waals surface area (Å²) in [5.41, 5.74) is 0. The van der Waals surface area contributed by atoms with Crippen molar-refractivity contribution in [2.45, 2.75) is 25.4 Å². The van der Waals surface area contributed by atoms with Gasteiger partial charge in [0.05, 0.1) is 0 Å². The van der Waals surface area contributed by atoms with Crippen LogP contribution in [0.2, 0.25) is 0 Å². The first-order valence-electron chi connectivity index (χ1n) is 7.51. The van der Waals surface area contributed by atoms with E-state index in [0.717, 1.165) is 31.6 Å². The molecule has 0 saturated carbocycles. The van der Waals surface area contributed by atoms with Crippen molar-refractivity contribution in [3.8, 4) is 0 Å². The lowest BCUT2D eigenvalue weighted by Crippen LogP contribution is -2.30. The summed E-state index contributed by atoms with van der Waals surface area (Å²) in [5.74, 6) is 1.14. The highest BCUT2D eigenvalue weighted by Gasteiger charge is 2.16. The highest BCUT2D eigenvalue weighted by molar-refractivity contribution is 7.10. The largest absolute Gasteiger partial charge is 0.489 e. The molecule has 1 aromatic carbocycles. The van der Waals surface area contributed by atoms with E-state index in [9.17, 15) is 0 Å². The molecule has 0 unspecified atom stereocenters. The summed E-state index contributed by atoms with van der Waals surface area (Å²) in [6.07, 6.45) is 5.51. The number of ether oxygens (including phenoxy) is 1. The van der Waals surface area contributed by atoms with E-state index in [1.54, 1.807) is 11.3 Å². The van der Waals surface area contributed by atoms with Crippen LogP contribution in [0.5, 0.6) is 0 Å². The average molecular weight is 299 g/mol. The Morgan fingerprint density at radius 2 is 2.14 bits per heavy atom. The minimum atomic E-state index is 0.151. The molecule has 0 fully saturated rings. The molecule has 0 saturated heterocycles. The van der Waals surface area contributed by atoms with Crippen molar-refractivity contribution in [3.05, 3.63) is 57.1 Å². The zero-order valence-corrected chi connectivity index (χ0v) is 13.2. The number of benzene rings is 1. The maximum atomic E-state index is 6.43. The molecule has 1 aromatic heterocycles. The monoisotopic (exact) mass is 299 g/mol. The Labute approximate surface area is 129 Å². The van der Waals surface area contributed by atoms with Crippen LogP contribution in [0.15, 0.2) is 41.8 Å². The van der Waals surface area contributed by atoms with Gasteiger partial charge in [-0.2, -0.15) is 0 Å². The Morgan fingerprint density at radius 3 is 2.95 bits per heavy atom. The van der Waals surface area contributed by atoms with Crippen molar-refractivity contribution in [3.63, 3.8) is 0 Å². The van der Waals surface area contributed by atoms with Gasteiger partial charge in [0.25, 0.3) is 0 Å². The van der Waals surface area contributed by atoms with Crippen LogP contribution in [0.4, 0.5) is 0 Å². The lowest BCUT2D eigenvalue weighted by Gasteiger charge is -2.21. The van der Waals surface area contributed by atoms with Gasteiger partial charge in [-0.15, -0.1) is 11.3 Å². The summed E-state index contributed by atoms with van der Waals surface area (Å²) in [6.45, 7) is 0.962. The van der Waals surface area contributed by atoms with Crippen LogP contribution in [0.25, 0.3) is 11.8 Å². The predicted octanol–water partition coefficient (Wildman–Crippen LogP) is 2.80. The molecule has 3 rings (SSSR count). The van der Waals surface area contributed by atoms with Crippen molar-refractivity contribution in [1.82, 2.24) is 5.32 Å². The van der Waals surface area contributed by atoms with Crippen molar-refractivity contribution in [2.24, 2.45) is 0 Å². The molecule has 3 heteroatoms. The molecule has 21 heavy (non-hydrogen) atoms. The maximum absolute atomic E-state index is 6.43. The molecule has 1 atom stereocenters. The van der Waals surface area contributed by atoms with Crippen molar-refractivity contribution < 1.29 is 4.74 Å². The molecule has 1 aliphatic rings. The summed E-state index contributed by atoms with van der Waals surface area (Å²) in [6, 6.07) is 12.8. The zero-order chi connectivity index (χ0) is 14.5. The smallest absolute Gasteiger partial charge is 0.134 e. The van der Waals surface area contributed by atoms with Crippen LogP contribution in [0.3, 0.4) is 0 Å². The molecular formula is C18H21NOS. The van der Waals surface area contributed by atoms with E-state index < -0.39 is 0 Å². The van der Waals surface area contributed by atoms with Crippen molar-refractivity contribution >= 4 is 23.2 Å². The molecule has 2 nitrogen and oxygen atoms in total. The maximum Gasteiger partial charge on any atom is 0.134 e. The van der Waals surface area contributed by atoms with E-state index in [4.69, 9.17) is 4.74 Å². The van der Waals surface area contributed by atoms with Gasteiger partial charge in [0.1, 0.15) is 11.9 Å². The van der Waals surface area contributed by atoms with Crippen LogP contribution in [-0.2, 0) is 4.74 Å². The highest BCUT2D eigenvalue weighted by Crippen LogP contribution is 2.29. The first kappa shape index (κ1) is 14.4. The van der Waals surface area contributed by atoms with E-state index in [-0.39, 0.29) is 6.10 Å². The fraction of sp³-hybridized carbons (Fsp3) is 0.333. The lowest BCUT2D eigenvalue weighted by atomic mass is 10.1. The number of nitrogens with one attached hydrogen (secondary N) is 1. The molecule has 110 valence electrons. The molecule has 1 aliphatic carbocycles. The van der Waals surface area contributed by atoms with Crippen LogP contribution in [0, 0.1) is 0 Å². The molecule has 0 aliphatic heterocycles. The minimum Gasteiger partial charge on any atom is -0.489 e. The first-order chi connectivity index (χ1) is 10.4. The fourth-order valence-corrected chi connectivity index (χ4v) is 3.51. The summed E-state index contributed by atoms with van der Waals surface area (Å²) < 4.78 is 6.43. The zero-order valence-electron chi connectivity index (χ0n) is 12.3. The lowest BCUT2D eigenvalue weighted by molar-refractivity contribution is 0.152. The van der Waals surface area contributed by atoms with Gasteiger partial charge in [-0.25, -0.2) is 0 Å². The number of rotatable bonds is 6. The normalized spacial score (nSPS) is 15.2. The fourth-order valence-electron chi connectivity index (χ4n) is 2.73. The van der Waals surface area contributed by atoms with E-state index >= 15 is 0 Å². The molecular weight excluding hydrogens is 278 g/mol. The predicted molar refractivity (Wildman–Crippen MR) is 89.5 cm³/mol. The second kappa shape index (κ2) is 6.92. The van der Waals surface area contributed by atoms with Crippen LogP contribution < -0.4 is 15.8 Å². The van der Waals surface area contributed by atoms with Crippen LogP contribution in [0.1, 0.15) is 30.2 Å². The summed E-state index contributed by atoms with van der Waals surface area (Å²) in [7, 11) is 1.99. The van der Waals surface area contributed by atoms with Crippen LogP contribution >= 0.6 is 11.3 Å². The molecule has 0 bridgehead atoms. The number of hydrogen-bond acceptors (Lipinski definition) is 3. The second-order valence-corrected chi connectivity index (χ2v) is 6.25. The molecule has 1 N–H and O–H groups in total. The second-order valence-electron chi connectivity index (χ2n) is 5.27. The quantitative estimate of drug-likeness (QED) is 0.885. The molecule has 0 radical (unpaired) electrons. The topological polar surface area (TPSA) is 21.3 Å². The van der Waals surface area contributed by atoms with Crippen molar-refractivity contribution in [2.75, 3.05) is 13.6 Å². The third-order valence-corrected chi connectivity index (χ3v) is 4.76. The van der Waals surface area contributed by atoms with Gasteiger partial charge < -0.3 is 10.1 Å². The Kier molecular flexibility index (Phi) is 4.73. The van der Waals surface area contributed by atoms with Gasteiger partial charge >= 0.3 is 0 Å². The summed E-state index contributed by atoms with van der Waals surface area (Å²) >= 11 is 1.78. The van der Waals surface area contributed by atoms with Gasteiger partial charge in [0.2, 0.25) is 0 Å². The van der Waals surface area contributed by atoms with Crippen LogP contribution in [-0.4, -0.2) is 13.6 Å². The van der Waals surface area contributed by atoms with E-state index in [1.165, 1.54) is 15.3 Å². The first-order valence-corrected chi connectivity index (χ1v) is 8.39. The number of hydrogen-bond donors (Lipinski definition) is 1. The van der Waals surface area contributed by atoms with E-state index in [2.05, 4.69) is 53.2 Å². The molecule has 0 amide bonds. The van der Waals surface area contributed by atoms with E-state index in [1.807, 2.05) is 7.05 Å². The minimum absolute atomic E-state index is 0.151.